The van der Waals surface area contributed by atoms with Crippen LogP contribution in [0.1, 0.15) is 12.0 Å². The fourth-order valence-corrected chi connectivity index (χ4v) is 3.63. The third-order valence-corrected chi connectivity index (χ3v) is 4.70. The zero-order valence-corrected chi connectivity index (χ0v) is 10.9. The lowest BCUT2D eigenvalue weighted by Crippen LogP contribution is -2.37. The van der Waals surface area contributed by atoms with Gasteiger partial charge in [0, 0.05) is 15.7 Å². The van der Waals surface area contributed by atoms with Crippen LogP contribution in [0.5, 0.6) is 0 Å². The lowest BCUT2D eigenvalue weighted by atomic mass is 10.1. The van der Waals surface area contributed by atoms with Gasteiger partial charge in [-0.2, -0.15) is 0 Å². The molecule has 16 heavy (non-hydrogen) atoms. The summed E-state index contributed by atoms with van der Waals surface area (Å²) in [6.07, 6.45) is 1.00. The van der Waals surface area contributed by atoms with Gasteiger partial charge in [-0.25, -0.2) is 0 Å². The van der Waals surface area contributed by atoms with Gasteiger partial charge in [0.05, 0.1) is 6.61 Å². The first-order valence-corrected chi connectivity index (χ1v) is 6.90. The van der Waals surface area contributed by atoms with Crippen LogP contribution in [0.3, 0.4) is 0 Å². The molecule has 2 heterocycles. The predicted molar refractivity (Wildman–Crippen MR) is 67.5 cm³/mol. The molecule has 1 aromatic carbocycles. The summed E-state index contributed by atoms with van der Waals surface area (Å²) in [4.78, 5) is 11.2. The molecular weight excluding hydrogens is 290 g/mol. The van der Waals surface area contributed by atoms with Gasteiger partial charge in [0.2, 0.25) is 4.93 Å². The molecule has 0 bridgehead atoms. The van der Waals surface area contributed by atoms with Crippen molar-refractivity contribution in [3.8, 4) is 0 Å². The summed E-state index contributed by atoms with van der Waals surface area (Å²) in [5.74, 6) is 0.907. The molecule has 5 heteroatoms. The molecule has 0 aromatic heterocycles. The van der Waals surface area contributed by atoms with Crippen LogP contribution in [0.4, 0.5) is 5.69 Å². The minimum Gasteiger partial charge on any atom is -0.351 e. The minimum absolute atomic E-state index is 0.0506. The van der Waals surface area contributed by atoms with Crippen LogP contribution in [0.2, 0.25) is 0 Å². The number of hydrogen-bond acceptors (Lipinski definition) is 3. The highest BCUT2D eigenvalue weighted by atomic mass is 79.9. The number of anilines is 1. The van der Waals surface area contributed by atoms with Crippen LogP contribution in [0, 0.1) is 0 Å². The molecule has 0 aliphatic carbocycles. The monoisotopic (exact) mass is 299 g/mol. The highest BCUT2D eigenvalue weighted by Crippen LogP contribution is 2.49. The van der Waals surface area contributed by atoms with E-state index < -0.39 is 4.93 Å². The van der Waals surface area contributed by atoms with Gasteiger partial charge in [0.15, 0.2) is 0 Å². The Morgan fingerprint density at radius 2 is 2.38 bits per heavy atom. The van der Waals surface area contributed by atoms with Crippen molar-refractivity contribution in [2.24, 2.45) is 0 Å². The third kappa shape index (κ3) is 1.42. The lowest BCUT2D eigenvalue weighted by Gasteiger charge is -2.30. The lowest BCUT2D eigenvalue weighted by molar-refractivity contribution is -0.130. The SMILES string of the molecule is O=C1Nc2ccc(Br)cc2[C@@]12OCCCS2. The fourth-order valence-electron chi connectivity index (χ4n) is 2.04. The first-order chi connectivity index (χ1) is 7.72. The van der Waals surface area contributed by atoms with E-state index in [9.17, 15) is 4.79 Å². The number of thioether (sulfide) groups is 1. The number of hydrogen-bond donors (Lipinski definition) is 1. The summed E-state index contributed by atoms with van der Waals surface area (Å²) in [7, 11) is 0. The Morgan fingerprint density at radius 3 is 3.12 bits per heavy atom. The Hall–Kier alpha value is -0.520. The number of fused-ring (bicyclic) bond motifs is 2. The van der Waals surface area contributed by atoms with Crippen LogP contribution in [-0.2, 0) is 14.5 Å². The number of rotatable bonds is 0. The summed E-state index contributed by atoms with van der Waals surface area (Å²) >= 11 is 5.01. The Morgan fingerprint density at radius 1 is 1.50 bits per heavy atom. The molecule has 84 valence electrons. The number of amides is 1. The van der Waals surface area contributed by atoms with Crippen LogP contribution in [0.15, 0.2) is 22.7 Å². The Balaban J connectivity index is 2.13. The molecule has 0 saturated carbocycles. The van der Waals surface area contributed by atoms with Crippen molar-refractivity contribution in [2.45, 2.75) is 11.4 Å². The van der Waals surface area contributed by atoms with E-state index in [4.69, 9.17) is 4.74 Å². The van der Waals surface area contributed by atoms with E-state index in [1.165, 1.54) is 0 Å². The van der Waals surface area contributed by atoms with E-state index >= 15 is 0 Å². The minimum atomic E-state index is -0.808. The molecule has 1 amide bonds. The van der Waals surface area contributed by atoms with Crippen LogP contribution in [-0.4, -0.2) is 18.3 Å². The third-order valence-electron chi connectivity index (χ3n) is 2.78. The zero-order valence-electron chi connectivity index (χ0n) is 8.46. The molecule has 1 fully saturated rings. The largest absolute Gasteiger partial charge is 0.351 e. The van der Waals surface area contributed by atoms with Crippen LogP contribution in [0.25, 0.3) is 0 Å². The number of halogens is 1. The second-order valence-electron chi connectivity index (χ2n) is 3.81. The van der Waals surface area contributed by atoms with E-state index in [1.807, 2.05) is 18.2 Å². The second kappa shape index (κ2) is 3.75. The summed E-state index contributed by atoms with van der Waals surface area (Å²) in [6.45, 7) is 0.645. The molecule has 1 N–H and O–H groups in total. The highest BCUT2D eigenvalue weighted by molar-refractivity contribution is 9.10. The van der Waals surface area contributed by atoms with Crippen molar-refractivity contribution in [1.29, 1.82) is 0 Å². The summed E-state index contributed by atoms with van der Waals surface area (Å²) < 4.78 is 6.72. The van der Waals surface area contributed by atoms with E-state index in [0.717, 1.165) is 27.9 Å². The molecule has 3 nitrogen and oxygen atoms in total. The smallest absolute Gasteiger partial charge is 0.272 e. The standard InChI is InChI=1S/C11H10BrNO2S/c12-7-2-3-9-8(6-7)11(10(14)13-9)15-4-1-5-16-11/h2-3,6H,1,4-5H2,(H,13,14)/t11-/m0/s1. The van der Waals surface area contributed by atoms with Crippen molar-refractivity contribution in [2.75, 3.05) is 17.7 Å². The topological polar surface area (TPSA) is 38.3 Å². The van der Waals surface area contributed by atoms with E-state index in [1.54, 1.807) is 11.8 Å². The zero-order chi connectivity index (χ0) is 11.2. The van der Waals surface area contributed by atoms with Gasteiger partial charge in [0.25, 0.3) is 5.91 Å². The van der Waals surface area contributed by atoms with Gasteiger partial charge in [-0.05, 0) is 30.4 Å². The average Bonchev–Trinajstić information content (AvgIpc) is 2.55. The van der Waals surface area contributed by atoms with Gasteiger partial charge < -0.3 is 10.1 Å². The van der Waals surface area contributed by atoms with Crippen LogP contribution >= 0.6 is 27.7 Å². The summed E-state index contributed by atoms with van der Waals surface area (Å²) in [5.41, 5.74) is 1.80. The maximum absolute atomic E-state index is 12.0. The molecule has 2 aliphatic rings. The Bertz CT molecular complexity index is 457. The van der Waals surface area contributed by atoms with E-state index in [0.29, 0.717) is 6.61 Å². The number of carbonyl (C=O) groups excluding carboxylic acids is 1. The van der Waals surface area contributed by atoms with Gasteiger partial charge in [-0.15, -0.1) is 11.8 Å². The van der Waals surface area contributed by atoms with Gasteiger partial charge in [-0.1, -0.05) is 15.9 Å². The number of benzene rings is 1. The number of carbonyl (C=O) groups is 1. The summed E-state index contributed by atoms with van der Waals surface area (Å²) in [6, 6.07) is 5.79. The molecule has 1 saturated heterocycles. The molecule has 3 rings (SSSR count). The first kappa shape index (κ1) is 10.6. The molecule has 1 spiro atoms. The first-order valence-electron chi connectivity index (χ1n) is 5.12. The molecule has 1 atom stereocenters. The Labute approximate surface area is 106 Å². The van der Waals surface area contributed by atoms with Crippen molar-refractivity contribution in [3.63, 3.8) is 0 Å². The summed E-state index contributed by atoms with van der Waals surface area (Å²) in [5, 5.41) is 2.88. The highest BCUT2D eigenvalue weighted by Gasteiger charge is 2.50. The van der Waals surface area contributed by atoms with Crippen molar-refractivity contribution in [3.05, 3.63) is 28.2 Å². The predicted octanol–water partition coefficient (Wildman–Crippen LogP) is 2.71. The molecule has 1 aromatic rings. The normalized spacial score (nSPS) is 27.9. The molecule has 0 unspecified atom stereocenters. The van der Waals surface area contributed by atoms with Gasteiger partial charge in [-0.3, -0.25) is 4.79 Å². The molecular formula is C11H10BrNO2S. The fraction of sp³-hybridized carbons (Fsp3) is 0.364. The molecule has 0 radical (unpaired) electrons. The average molecular weight is 300 g/mol. The Kier molecular flexibility index (Phi) is 2.49. The van der Waals surface area contributed by atoms with Crippen molar-refractivity contribution < 1.29 is 9.53 Å². The quantitative estimate of drug-likeness (QED) is 0.800. The van der Waals surface area contributed by atoms with Crippen LogP contribution < -0.4 is 5.32 Å². The van der Waals surface area contributed by atoms with E-state index in [-0.39, 0.29) is 5.91 Å². The van der Waals surface area contributed by atoms with E-state index in [2.05, 4.69) is 21.2 Å². The number of ether oxygens (including phenoxy) is 1. The maximum atomic E-state index is 12.0. The van der Waals surface area contributed by atoms with Crippen molar-refractivity contribution in [1.82, 2.24) is 0 Å². The molecule has 2 aliphatic heterocycles. The van der Waals surface area contributed by atoms with Gasteiger partial charge >= 0.3 is 0 Å². The van der Waals surface area contributed by atoms with Gasteiger partial charge in [0.1, 0.15) is 0 Å². The second-order valence-corrected chi connectivity index (χ2v) is 6.00. The number of nitrogens with one attached hydrogen (secondary N) is 1. The maximum Gasteiger partial charge on any atom is 0.272 e. The van der Waals surface area contributed by atoms with Crippen molar-refractivity contribution >= 4 is 39.3 Å².